The first-order chi connectivity index (χ1) is 10.2. The van der Waals surface area contributed by atoms with Crippen molar-refractivity contribution in [3.8, 4) is 0 Å². The fraction of sp³-hybridized carbons (Fsp3) is 0.500. The summed E-state index contributed by atoms with van der Waals surface area (Å²) >= 11 is 0. The Morgan fingerprint density at radius 2 is 2.33 bits per heavy atom. The van der Waals surface area contributed by atoms with Crippen molar-refractivity contribution in [2.75, 3.05) is 5.73 Å². The van der Waals surface area contributed by atoms with Gasteiger partial charge >= 0.3 is 5.97 Å². The SMILES string of the molecule is CCCn1ncnc1COC(=O)c1cc(N)cn1C1CC1. The lowest BCUT2D eigenvalue weighted by atomic mass is 10.4. The number of hydrogen-bond donors (Lipinski definition) is 1. The minimum atomic E-state index is -0.371. The van der Waals surface area contributed by atoms with Gasteiger partial charge in [0.1, 0.15) is 12.0 Å². The minimum absolute atomic E-state index is 0.120. The number of nitrogens with zero attached hydrogens (tertiary/aromatic N) is 4. The lowest BCUT2D eigenvalue weighted by Crippen LogP contribution is -2.13. The number of ether oxygens (including phenoxy) is 1. The molecule has 1 fully saturated rings. The Labute approximate surface area is 122 Å². The summed E-state index contributed by atoms with van der Waals surface area (Å²) in [6, 6.07) is 2.05. The molecule has 0 saturated heterocycles. The summed E-state index contributed by atoms with van der Waals surface area (Å²) in [7, 11) is 0. The van der Waals surface area contributed by atoms with Gasteiger partial charge in [0, 0.05) is 18.8 Å². The first-order valence-electron chi connectivity index (χ1n) is 7.20. The highest BCUT2D eigenvalue weighted by molar-refractivity contribution is 5.89. The zero-order chi connectivity index (χ0) is 14.8. The van der Waals surface area contributed by atoms with E-state index in [1.165, 1.54) is 6.33 Å². The van der Waals surface area contributed by atoms with Crippen LogP contribution in [0.5, 0.6) is 0 Å². The van der Waals surface area contributed by atoms with Gasteiger partial charge in [-0.15, -0.1) is 0 Å². The number of carbonyl (C=O) groups excluding carboxylic acids is 1. The molecule has 2 aromatic heterocycles. The quantitative estimate of drug-likeness (QED) is 0.819. The number of aryl methyl sites for hydroxylation is 1. The fourth-order valence-corrected chi connectivity index (χ4v) is 2.32. The molecule has 0 aliphatic heterocycles. The first-order valence-corrected chi connectivity index (χ1v) is 7.20. The van der Waals surface area contributed by atoms with Crippen LogP contribution in [0.25, 0.3) is 0 Å². The van der Waals surface area contributed by atoms with Crippen LogP contribution in [0.3, 0.4) is 0 Å². The number of esters is 1. The topological polar surface area (TPSA) is 88.0 Å². The van der Waals surface area contributed by atoms with Crippen molar-refractivity contribution in [1.82, 2.24) is 19.3 Å². The van der Waals surface area contributed by atoms with Crippen molar-refractivity contribution in [2.24, 2.45) is 0 Å². The lowest BCUT2D eigenvalue weighted by Gasteiger charge is -2.08. The second-order valence-electron chi connectivity index (χ2n) is 5.27. The summed E-state index contributed by atoms with van der Waals surface area (Å²) in [5.74, 6) is 0.285. The molecule has 0 amide bonds. The Morgan fingerprint density at radius 3 is 3.05 bits per heavy atom. The van der Waals surface area contributed by atoms with E-state index in [1.807, 2.05) is 4.57 Å². The molecule has 1 aliphatic carbocycles. The molecule has 1 aliphatic rings. The maximum Gasteiger partial charge on any atom is 0.355 e. The van der Waals surface area contributed by atoms with Gasteiger partial charge in [-0.2, -0.15) is 5.10 Å². The van der Waals surface area contributed by atoms with Crippen LogP contribution in [0.15, 0.2) is 18.6 Å². The molecule has 0 unspecified atom stereocenters. The number of nitrogen functional groups attached to an aromatic ring is 1. The van der Waals surface area contributed by atoms with Crippen molar-refractivity contribution in [3.05, 3.63) is 30.1 Å². The third kappa shape index (κ3) is 2.91. The van der Waals surface area contributed by atoms with Crippen molar-refractivity contribution >= 4 is 11.7 Å². The zero-order valence-corrected chi connectivity index (χ0v) is 12.0. The molecule has 0 atom stereocenters. The van der Waals surface area contributed by atoms with Crippen molar-refractivity contribution in [2.45, 2.75) is 45.4 Å². The van der Waals surface area contributed by atoms with Crippen LogP contribution in [0, 0.1) is 0 Å². The molecule has 21 heavy (non-hydrogen) atoms. The van der Waals surface area contributed by atoms with E-state index in [2.05, 4.69) is 17.0 Å². The highest BCUT2D eigenvalue weighted by Crippen LogP contribution is 2.37. The first kappa shape index (κ1) is 13.7. The zero-order valence-electron chi connectivity index (χ0n) is 12.0. The number of hydrogen-bond acceptors (Lipinski definition) is 5. The van der Waals surface area contributed by atoms with E-state index in [0.29, 0.717) is 23.2 Å². The predicted octanol–water partition coefficient (Wildman–Crippen LogP) is 1.76. The van der Waals surface area contributed by atoms with E-state index in [9.17, 15) is 4.79 Å². The van der Waals surface area contributed by atoms with Crippen molar-refractivity contribution in [3.63, 3.8) is 0 Å². The summed E-state index contributed by atoms with van der Waals surface area (Å²) in [6.45, 7) is 2.94. The Morgan fingerprint density at radius 1 is 1.52 bits per heavy atom. The molecule has 0 bridgehead atoms. The molecule has 112 valence electrons. The maximum atomic E-state index is 12.2. The molecule has 7 nitrogen and oxygen atoms in total. The van der Waals surface area contributed by atoms with Crippen LogP contribution in [0.2, 0.25) is 0 Å². The van der Waals surface area contributed by atoms with E-state index >= 15 is 0 Å². The van der Waals surface area contributed by atoms with Gasteiger partial charge < -0.3 is 15.0 Å². The van der Waals surface area contributed by atoms with E-state index in [0.717, 1.165) is 25.8 Å². The van der Waals surface area contributed by atoms with Crippen LogP contribution < -0.4 is 5.73 Å². The van der Waals surface area contributed by atoms with Crippen LogP contribution in [0.1, 0.15) is 48.5 Å². The molecule has 2 N–H and O–H groups in total. The van der Waals surface area contributed by atoms with Gasteiger partial charge in [-0.25, -0.2) is 14.5 Å². The number of carbonyl (C=O) groups is 1. The van der Waals surface area contributed by atoms with Crippen LogP contribution in [-0.2, 0) is 17.9 Å². The van der Waals surface area contributed by atoms with Gasteiger partial charge in [-0.05, 0) is 25.3 Å². The van der Waals surface area contributed by atoms with Gasteiger partial charge in [-0.3, -0.25) is 0 Å². The van der Waals surface area contributed by atoms with E-state index < -0.39 is 0 Å². The highest BCUT2D eigenvalue weighted by Gasteiger charge is 2.28. The van der Waals surface area contributed by atoms with Gasteiger partial charge in [-0.1, -0.05) is 6.92 Å². The normalized spacial score (nSPS) is 14.3. The molecule has 2 aromatic rings. The predicted molar refractivity (Wildman–Crippen MR) is 76.5 cm³/mol. The number of nitrogens with two attached hydrogens (primary N) is 1. The number of rotatable bonds is 6. The molecule has 7 heteroatoms. The second-order valence-corrected chi connectivity index (χ2v) is 5.27. The Hall–Kier alpha value is -2.31. The summed E-state index contributed by atoms with van der Waals surface area (Å²) < 4.78 is 9.02. The second kappa shape index (κ2) is 5.59. The summed E-state index contributed by atoms with van der Waals surface area (Å²) in [4.78, 5) is 16.3. The fourth-order valence-electron chi connectivity index (χ4n) is 2.32. The minimum Gasteiger partial charge on any atom is -0.453 e. The number of aromatic nitrogens is 4. The highest BCUT2D eigenvalue weighted by atomic mass is 16.5. The third-order valence-electron chi connectivity index (χ3n) is 3.48. The smallest absolute Gasteiger partial charge is 0.355 e. The average molecular weight is 289 g/mol. The maximum absolute atomic E-state index is 12.2. The summed E-state index contributed by atoms with van der Waals surface area (Å²) in [5, 5.41) is 4.11. The average Bonchev–Trinajstić information content (AvgIpc) is 3.10. The van der Waals surface area contributed by atoms with Gasteiger partial charge in [0.15, 0.2) is 12.4 Å². The van der Waals surface area contributed by atoms with Gasteiger partial charge in [0.05, 0.1) is 5.69 Å². The molecule has 0 radical (unpaired) electrons. The van der Waals surface area contributed by atoms with Gasteiger partial charge in [0.25, 0.3) is 0 Å². The lowest BCUT2D eigenvalue weighted by molar-refractivity contribution is 0.0443. The molecular formula is C14H19N5O2. The summed E-state index contributed by atoms with van der Waals surface area (Å²) in [5.41, 5.74) is 6.88. The molecule has 0 spiro atoms. The van der Waals surface area contributed by atoms with Crippen molar-refractivity contribution < 1.29 is 9.53 Å². The number of anilines is 1. The van der Waals surface area contributed by atoms with E-state index in [-0.39, 0.29) is 12.6 Å². The standard InChI is InChI=1S/C14H19N5O2/c1-2-5-19-13(16-9-17-19)8-21-14(20)12-6-10(15)7-18(12)11-3-4-11/h6-7,9,11H,2-5,8,15H2,1H3. The summed E-state index contributed by atoms with van der Waals surface area (Å²) in [6.07, 6.45) is 6.39. The largest absolute Gasteiger partial charge is 0.453 e. The molecule has 0 aromatic carbocycles. The van der Waals surface area contributed by atoms with Gasteiger partial charge in [0.2, 0.25) is 0 Å². The van der Waals surface area contributed by atoms with E-state index in [1.54, 1.807) is 16.9 Å². The monoisotopic (exact) mass is 289 g/mol. The Balaban J connectivity index is 1.67. The van der Waals surface area contributed by atoms with Crippen LogP contribution in [0.4, 0.5) is 5.69 Å². The van der Waals surface area contributed by atoms with E-state index in [4.69, 9.17) is 10.5 Å². The molecular weight excluding hydrogens is 270 g/mol. The van der Waals surface area contributed by atoms with Crippen LogP contribution in [-0.4, -0.2) is 25.3 Å². The Bertz CT molecular complexity index is 642. The third-order valence-corrected chi connectivity index (χ3v) is 3.48. The molecule has 2 heterocycles. The van der Waals surface area contributed by atoms with Crippen molar-refractivity contribution in [1.29, 1.82) is 0 Å². The molecule has 3 rings (SSSR count). The Kier molecular flexibility index (Phi) is 3.64. The van der Waals surface area contributed by atoms with Crippen LogP contribution >= 0.6 is 0 Å². The molecule has 1 saturated carbocycles.